The molecule has 0 aliphatic carbocycles. The zero-order valence-corrected chi connectivity index (χ0v) is 13.7. The molecule has 1 aliphatic heterocycles. The standard InChI is InChI=1S/C16H21N3O2S/c1-11(8-13-4-3-7-22-13)18-16(20)14-5-6-21-15(14)12-9-17-19(2)10-12/h3-4,7,9-11,14-15H,5-6,8H2,1-2H3,(H,18,20)/t11?,14-,15+/m0/s1. The quantitative estimate of drug-likeness (QED) is 0.920. The molecule has 3 rings (SSSR count). The highest BCUT2D eigenvalue weighted by Crippen LogP contribution is 2.34. The van der Waals surface area contributed by atoms with Gasteiger partial charge in [-0.25, -0.2) is 0 Å². The molecule has 2 aromatic heterocycles. The summed E-state index contributed by atoms with van der Waals surface area (Å²) in [5.41, 5.74) is 0.978. The van der Waals surface area contributed by atoms with Crippen molar-refractivity contribution in [3.05, 3.63) is 40.3 Å². The van der Waals surface area contributed by atoms with Gasteiger partial charge in [0.15, 0.2) is 0 Å². The molecule has 0 aromatic carbocycles. The lowest BCUT2D eigenvalue weighted by Crippen LogP contribution is -2.39. The molecule has 1 N–H and O–H groups in total. The van der Waals surface area contributed by atoms with E-state index in [2.05, 4.69) is 21.9 Å². The van der Waals surface area contributed by atoms with Crippen LogP contribution in [-0.4, -0.2) is 28.3 Å². The van der Waals surface area contributed by atoms with E-state index in [4.69, 9.17) is 4.74 Å². The minimum absolute atomic E-state index is 0.0791. The Kier molecular flexibility index (Phi) is 4.59. The average Bonchev–Trinajstić information content (AvgIpc) is 3.17. The molecule has 0 spiro atoms. The van der Waals surface area contributed by atoms with Gasteiger partial charge in [0, 0.05) is 42.8 Å². The Balaban J connectivity index is 1.61. The van der Waals surface area contributed by atoms with Crippen molar-refractivity contribution in [3.63, 3.8) is 0 Å². The number of rotatable bonds is 5. The van der Waals surface area contributed by atoms with E-state index in [1.54, 1.807) is 22.2 Å². The number of hydrogen-bond acceptors (Lipinski definition) is 4. The molecular weight excluding hydrogens is 298 g/mol. The lowest BCUT2D eigenvalue weighted by Gasteiger charge is -2.20. The lowest BCUT2D eigenvalue weighted by atomic mass is 9.96. The van der Waals surface area contributed by atoms with Crippen LogP contribution >= 0.6 is 11.3 Å². The number of aromatic nitrogens is 2. The number of hydrogen-bond donors (Lipinski definition) is 1. The van der Waals surface area contributed by atoms with Crippen molar-refractivity contribution < 1.29 is 9.53 Å². The van der Waals surface area contributed by atoms with Crippen LogP contribution in [0, 0.1) is 5.92 Å². The van der Waals surface area contributed by atoms with Gasteiger partial charge in [0.2, 0.25) is 5.91 Å². The van der Waals surface area contributed by atoms with E-state index in [-0.39, 0.29) is 24.0 Å². The molecule has 1 unspecified atom stereocenters. The number of ether oxygens (including phenoxy) is 1. The molecule has 1 amide bonds. The van der Waals surface area contributed by atoms with Crippen LogP contribution in [0.2, 0.25) is 0 Å². The summed E-state index contributed by atoms with van der Waals surface area (Å²) >= 11 is 1.72. The van der Waals surface area contributed by atoms with Crippen molar-refractivity contribution >= 4 is 17.2 Å². The summed E-state index contributed by atoms with van der Waals surface area (Å²) < 4.78 is 7.50. The monoisotopic (exact) mass is 319 g/mol. The van der Waals surface area contributed by atoms with Crippen LogP contribution in [0.4, 0.5) is 0 Å². The minimum Gasteiger partial charge on any atom is -0.373 e. The molecule has 6 heteroatoms. The van der Waals surface area contributed by atoms with Crippen molar-refractivity contribution in [2.45, 2.75) is 31.9 Å². The normalized spacial score (nSPS) is 22.6. The van der Waals surface area contributed by atoms with Gasteiger partial charge < -0.3 is 10.1 Å². The molecule has 2 aromatic rings. The highest BCUT2D eigenvalue weighted by molar-refractivity contribution is 7.09. The fourth-order valence-corrected chi connectivity index (χ4v) is 3.74. The van der Waals surface area contributed by atoms with Crippen molar-refractivity contribution in [1.29, 1.82) is 0 Å². The summed E-state index contributed by atoms with van der Waals surface area (Å²) in [4.78, 5) is 13.9. The van der Waals surface area contributed by atoms with Gasteiger partial charge in [0.1, 0.15) is 0 Å². The Hall–Kier alpha value is -1.66. The van der Waals surface area contributed by atoms with Crippen LogP contribution in [-0.2, 0) is 23.0 Å². The number of amides is 1. The van der Waals surface area contributed by atoms with E-state index in [0.29, 0.717) is 6.61 Å². The van der Waals surface area contributed by atoms with E-state index in [1.165, 1.54) is 4.88 Å². The third-order valence-corrected chi connectivity index (χ3v) is 4.86. The van der Waals surface area contributed by atoms with Crippen LogP contribution in [0.15, 0.2) is 29.9 Å². The third kappa shape index (κ3) is 3.39. The number of carbonyl (C=O) groups is 1. The van der Waals surface area contributed by atoms with Crippen LogP contribution in [0.5, 0.6) is 0 Å². The van der Waals surface area contributed by atoms with E-state index >= 15 is 0 Å². The number of nitrogens with one attached hydrogen (secondary N) is 1. The van der Waals surface area contributed by atoms with Crippen molar-refractivity contribution in [3.8, 4) is 0 Å². The first kappa shape index (κ1) is 15.2. The van der Waals surface area contributed by atoms with Crippen molar-refractivity contribution in [1.82, 2.24) is 15.1 Å². The Morgan fingerprint density at radius 3 is 3.18 bits per heavy atom. The first-order chi connectivity index (χ1) is 10.6. The molecule has 0 bridgehead atoms. The van der Waals surface area contributed by atoms with Crippen LogP contribution in [0.1, 0.15) is 29.9 Å². The van der Waals surface area contributed by atoms with Crippen LogP contribution in [0.25, 0.3) is 0 Å². The summed E-state index contributed by atoms with van der Waals surface area (Å²) in [5, 5.41) is 9.36. The summed E-state index contributed by atoms with van der Waals surface area (Å²) in [6.45, 7) is 2.67. The van der Waals surface area contributed by atoms with E-state index < -0.39 is 0 Å². The molecule has 22 heavy (non-hydrogen) atoms. The van der Waals surface area contributed by atoms with Gasteiger partial charge in [-0.05, 0) is 24.8 Å². The second-order valence-corrected chi connectivity index (χ2v) is 6.86. The van der Waals surface area contributed by atoms with E-state index in [1.807, 2.05) is 26.2 Å². The lowest BCUT2D eigenvalue weighted by molar-refractivity contribution is -0.127. The van der Waals surface area contributed by atoms with Gasteiger partial charge in [-0.15, -0.1) is 11.3 Å². The Morgan fingerprint density at radius 2 is 2.50 bits per heavy atom. The predicted octanol–water partition coefficient (Wildman–Crippen LogP) is 2.31. The minimum atomic E-state index is -0.178. The molecule has 0 saturated carbocycles. The predicted molar refractivity (Wildman–Crippen MR) is 85.6 cm³/mol. The molecule has 118 valence electrons. The number of nitrogens with zero attached hydrogens (tertiary/aromatic N) is 2. The molecule has 3 heterocycles. The largest absolute Gasteiger partial charge is 0.373 e. The molecule has 1 saturated heterocycles. The number of thiophene rings is 1. The molecule has 0 radical (unpaired) electrons. The second-order valence-electron chi connectivity index (χ2n) is 5.83. The first-order valence-corrected chi connectivity index (χ1v) is 8.44. The Morgan fingerprint density at radius 1 is 1.64 bits per heavy atom. The number of aryl methyl sites for hydroxylation is 1. The van der Waals surface area contributed by atoms with Gasteiger partial charge in [-0.1, -0.05) is 6.07 Å². The topological polar surface area (TPSA) is 56.1 Å². The Labute approximate surface area is 134 Å². The maximum Gasteiger partial charge on any atom is 0.226 e. The van der Waals surface area contributed by atoms with Crippen molar-refractivity contribution in [2.24, 2.45) is 13.0 Å². The van der Waals surface area contributed by atoms with E-state index in [9.17, 15) is 4.79 Å². The zero-order valence-electron chi connectivity index (χ0n) is 12.9. The summed E-state index contributed by atoms with van der Waals surface area (Å²) in [6, 6.07) is 4.27. The molecular formula is C16H21N3O2S. The highest BCUT2D eigenvalue weighted by Gasteiger charge is 2.36. The van der Waals surface area contributed by atoms with Crippen LogP contribution in [0.3, 0.4) is 0 Å². The molecule has 3 atom stereocenters. The second kappa shape index (κ2) is 6.62. The SMILES string of the molecule is CC(Cc1cccs1)NC(=O)[C@H]1CCO[C@@H]1c1cnn(C)c1. The highest BCUT2D eigenvalue weighted by atomic mass is 32.1. The van der Waals surface area contributed by atoms with Gasteiger partial charge in [0.25, 0.3) is 0 Å². The van der Waals surface area contributed by atoms with Crippen molar-refractivity contribution in [2.75, 3.05) is 6.61 Å². The average molecular weight is 319 g/mol. The summed E-state index contributed by atoms with van der Waals surface area (Å²) in [5.74, 6) is -0.0506. The summed E-state index contributed by atoms with van der Waals surface area (Å²) in [7, 11) is 1.87. The molecule has 5 nitrogen and oxygen atoms in total. The van der Waals surface area contributed by atoms with Gasteiger partial charge in [-0.3, -0.25) is 9.48 Å². The fraction of sp³-hybridized carbons (Fsp3) is 0.500. The molecule has 1 fully saturated rings. The van der Waals surface area contributed by atoms with Gasteiger partial charge in [0.05, 0.1) is 18.2 Å². The smallest absolute Gasteiger partial charge is 0.226 e. The Bertz CT molecular complexity index is 623. The summed E-state index contributed by atoms with van der Waals surface area (Å²) in [6.07, 6.45) is 5.16. The first-order valence-electron chi connectivity index (χ1n) is 7.56. The maximum atomic E-state index is 12.6. The van der Waals surface area contributed by atoms with Gasteiger partial charge >= 0.3 is 0 Å². The maximum absolute atomic E-state index is 12.6. The van der Waals surface area contributed by atoms with E-state index in [0.717, 1.165) is 18.4 Å². The zero-order chi connectivity index (χ0) is 15.5. The fourth-order valence-electron chi connectivity index (χ4n) is 2.91. The van der Waals surface area contributed by atoms with Crippen LogP contribution < -0.4 is 5.32 Å². The number of carbonyl (C=O) groups excluding carboxylic acids is 1. The third-order valence-electron chi connectivity index (χ3n) is 3.96. The van der Waals surface area contributed by atoms with Gasteiger partial charge in [-0.2, -0.15) is 5.10 Å². The molecule has 1 aliphatic rings.